The molecule has 0 unspecified atom stereocenters. The first-order valence-electron chi connectivity index (χ1n) is 8.77. The van der Waals surface area contributed by atoms with Crippen LogP contribution in [0.15, 0.2) is 53.6 Å². The fourth-order valence-electron chi connectivity index (χ4n) is 3.75. The van der Waals surface area contributed by atoms with Crippen molar-refractivity contribution in [2.24, 2.45) is 5.10 Å². The Kier molecular flexibility index (Phi) is 4.32. The number of nitrogens with one attached hydrogen (secondary N) is 1. The number of carbonyl (C=O) groups is 1. The minimum atomic E-state index is 0.0151. The van der Waals surface area contributed by atoms with Crippen molar-refractivity contribution >= 4 is 28.9 Å². The van der Waals surface area contributed by atoms with Crippen molar-refractivity contribution in [3.8, 4) is 0 Å². The second-order valence-electron chi connectivity index (χ2n) is 6.81. The van der Waals surface area contributed by atoms with Gasteiger partial charge in [0.2, 0.25) is 0 Å². The highest BCUT2D eigenvalue weighted by Gasteiger charge is 2.36. The molecule has 0 atom stereocenters. The summed E-state index contributed by atoms with van der Waals surface area (Å²) in [5, 5.41) is 8.87. The quantitative estimate of drug-likeness (QED) is 0.771. The van der Waals surface area contributed by atoms with Crippen LogP contribution in [0.25, 0.3) is 0 Å². The van der Waals surface area contributed by atoms with Crippen molar-refractivity contribution in [1.29, 1.82) is 0 Å². The summed E-state index contributed by atoms with van der Waals surface area (Å²) in [7, 11) is 0. The van der Waals surface area contributed by atoms with E-state index in [9.17, 15) is 4.79 Å². The molecule has 0 aliphatic carbocycles. The number of hydrogen-bond donors (Lipinski definition) is 1. The van der Waals surface area contributed by atoms with Crippen LogP contribution in [0.5, 0.6) is 0 Å². The Morgan fingerprint density at radius 3 is 2.52 bits per heavy atom. The fraction of sp³-hybridized carbons (Fsp3) is 0.300. The highest BCUT2D eigenvalue weighted by atomic mass is 35.5. The van der Waals surface area contributed by atoms with E-state index in [-0.39, 0.29) is 5.91 Å². The predicted octanol–water partition coefficient (Wildman–Crippen LogP) is 4.05. The van der Waals surface area contributed by atoms with Crippen molar-refractivity contribution in [2.45, 2.75) is 19.3 Å². The molecule has 1 saturated heterocycles. The number of carbonyl (C=O) groups excluding carboxylic acids is 1. The molecule has 0 aromatic heterocycles. The van der Waals surface area contributed by atoms with Gasteiger partial charge in [-0.05, 0) is 37.5 Å². The molecule has 5 heteroatoms. The molecule has 0 saturated carbocycles. The van der Waals surface area contributed by atoms with Gasteiger partial charge >= 0.3 is 0 Å². The van der Waals surface area contributed by atoms with Crippen LogP contribution in [0.3, 0.4) is 0 Å². The third kappa shape index (κ3) is 3.32. The maximum absolute atomic E-state index is 12.6. The summed E-state index contributed by atoms with van der Waals surface area (Å²) in [5.41, 5.74) is 3.60. The zero-order valence-corrected chi connectivity index (χ0v) is 14.8. The number of hydrogen-bond acceptors (Lipinski definition) is 2. The minimum absolute atomic E-state index is 0.0151. The van der Waals surface area contributed by atoms with Crippen molar-refractivity contribution in [3.05, 3.63) is 64.7 Å². The summed E-state index contributed by atoms with van der Waals surface area (Å²) in [6.07, 6.45) is 3.41. The normalized spacial score (nSPS) is 21.5. The Balaban J connectivity index is 1.94. The summed E-state index contributed by atoms with van der Waals surface area (Å²) in [6, 6.07) is 15.7. The predicted molar refractivity (Wildman–Crippen MR) is 101 cm³/mol. The van der Waals surface area contributed by atoms with E-state index in [0.717, 1.165) is 48.5 Å². The molecule has 2 aromatic rings. The Morgan fingerprint density at radius 1 is 1.00 bits per heavy atom. The molecule has 128 valence electrons. The number of nitrogens with zero attached hydrogens (tertiary/aromatic N) is 2. The maximum atomic E-state index is 12.6. The van der Waals surface area contributed by atoms with E-state index in [4.69, 9.17) is 16.7 Å². The van der Waals surface area contributed by atoms with Crippen molar-refractivity contribution in [1.82, 2.24) is 0 Å². The number of benzene rings is 2. The molecule has 0 radical (unpaired) electrons. The largest absolute Gasteiger partial charge is 0.320 e. The van der Waals surface area contributed by atoms with E-state index in [0.29, 0.717) is 16.2 Å². The van der Waals surface area contributed by atoms with E-state index in [1.165, 1.54) is 6.42 Å². The second kappa shape index (κ2) is 6.62. The molecule has 4 rings (SSSR count). The van der Waals surface area contributed by atoms with Gasteiger partial charge in [0.15, 0.2) is 6.54 Å². The number of rotatable bonds is 1. The van der Waals surface area contributed by atoms with Crippen LogP contribution in [0.1, 0.15) is 30.4 Å². The molecule has 1 N–H and O–H groups in total. The van der Waals surface area contributed by atoms with Gasteiger partial charge in [-0.2, -0.15) is 4.59 Å². The van der Waals surface area contributed by atoms with Gasteiger partial charge in [0.05, 0.1) is 5.69 Å². The monoisotopic (exact) mass is 354 g/mol. The Bertz CT molecular complexity index is 826. The molecule has 0 bridgehead atoms. The molecular weight excluding hydrogens is 334 g/mol. The fourth-order valence-corrected chi connectivity index (χ4v) is 3.92. The standard InChI is InChI=1S/C20H20ClN3O/c21-16-9-10-18-17(13-16)20(15-7-3-1-4-8-15)23-24(14-19(25)22-18)11-5-2-6-12-24/h1,3-4,7-10,13H,2,5-6,11-12,14H2/p+1. The van der Waals surface area contributed by atoms with Gasteiger partial charge in [-0.25, -0.2) is 0 Å². The topological polar surface area (TPSA) is 41.5 Å². The third-order valence-electron chi connectivity index (χ3n) is 4.96. The van der Waals surface area contributed by atoms with Gasteiger partial charge in [0.25, 0.3) is 5.91 Å². The van der Waals surface area contributed by atoms with Crippen molar-refractivity contribution in [2.75, 3.05) is 25.0 Å². The van der Waals surface area contributed by atoms with E-state index in [2.05, 4.69) is 17.4 Å². The second-order valence-corrected chi connectivity index (χ2v) is 7.25. The Morgan fingerprint density at radius 2 is 1.76 bits per heavy atom. The highest BCUT2D eigenvalue weighted by Crippen LogP contribution is 2.29. The molecule has 2 aliphatic heterocycles. The molecule has 25 heavy (non-hydrogen) atoms. The van der Waals surface area contributed by atoms with Gasteiger partial charge in [-0.1, -0.05) is 47.0 Å². The van der Waals surface area contributed by atoms with Crippen LogP contribution in [0, 0.1) is 0 Å². The zero-order valence-electron chi connectivity index (χ0n) is 14.0. The van der Waals surface area contributed by atoms with E-state index in [1.807, 2.05) is 30.3 Å². The molecule has 2 aliphatic rings. The molecule has 4 nitrogen and oxygen atoms in total. The number of halogens is 1. The summed E-state index contributed by atoms with van der Waals surface area (Å²) in [6.45, 7) is 2.19. The number of amides is 1. The van der Waals surface area contributed by atoms with Crippen molar-refractivity contribution < 1.29 is 9.39 Å². The molecular formula is C20H21ClN3O+. The molecule has 2 heterocycles. The molecule has 1 fully saturated rings. The lowest BCUT2D eigenvalue weighted by molar-refractivity contribution is -0.931. The van der Waals surface area contributed by atoms with Gasteiger partial charge < -0.3 is 5.32 Å². The number of quaternary nitrogens is 1. The molecule has 1 spiro atoms. The third-order valence-corrected chi connectivity index (χ3v) is 5.19. The number of anilines is 1. The van der Waals surface area contributed by atoms with Crippen LogP contribution >= 0.6 is 11.6 Å². The zero-order chi connectivity index (χ0) is 17.3. The van der Waals surface area contributed by atoms with Crippen LogP contribution < -0.4 is 5.32 Å². The summed E-state index contributed by atoms with van der Waals surface area (Å²) in [4.78, 5) is 12.6. The van der Waals surface area contributed by atoms with Crippen LogP contribution in [0.2, 0.25) is 5.02 Å². The number of fused-ring (bicyclic) bond motifs is 1. The van der Waals surface area contributed by atoms with E-state index < -0.39 is 0 Å². The van der Waals surface area contributed by atoms with Gasteiger partial charge in [-0.3, -0.25) is 4.79 Å². The minimum Gasteiger partial charge on any atom is -0.320 e. The smallest absolute Gasteiger partial charge is 0.282 e. The SMILES string of the molecule is O=C1C[N+]2(CCCCC2)/N=C(/c2ccccc2)c2cc(Cl)ccc2N1. The Hall–Kier alpha value is -2.17. The number of piperidine rings is 1. The summed E-state index contributed by atoms with van der Waals surface area (Å²) in [5.74, 6) is 0.0151. The Labute approximate surface area is 152 Å². The lowest BCUT2D eigenvalue weighted by Crippen LogP contribution is -2.52. The van der Waals surface area contributed by atoms with Gasteiger partial charge in [-0.15, -0.1) is 0 Å². The molecule has 1 amide bonds. The van der Waals surface area contributed by atoms with Crippen LogP contribution in [-0.4, -0.2) is 35.8 Å². The van der Waals surface area contributed by atoms with E-state index in [1.54, 1.807) is 6.07 Å². The van der Waals surface area contributed by atoms with Crippen LogP contribution in [0.4, 0.5) is 5.69 Å². The van der Waals surface area contributed by atoms with Crippen LogP contribution in [-0.2, 0) is 4.79 Å². The first-order chi connectivity index (χ1) is 12.2. The van der Waals surface area contributed by atoms with Gasteiger partial charge in [0.1, 0.15) is 18.8 Å². The lowest BCUT2D eigenvalue weighted by Gasteiger charge is -2.36. The highest BCUT2D eigenvalue weighted by molar-refractivity contribution is 6.31. The van der Waals surface area contributed by atoms with Crippen molar-refractivity contribution in [3.63, 3.8) is 0 Å². The first-order valence-corrected chi connectivity index (χ1v) is 9.15. The summed E-state index contributed by atoms with van der Waals surface area (Å²) >= 11 is 6.26. The summed E-state index contributed by atoms with van der Waals surface area (Å²) < 4.78 is 0.474. The first kappa shape index (κ1) is 16.3. The maximum Gasteiger partial charge on any atom is 0.282 e. The van der Waals surface area contributed by atoms with Gasteiger partial charge in [0, 0.05) is 16.1 Å². The molecule has 2 aromatic carbocycles. The van der Waals surface area contributed by atoms with E-state index >= 15 is 0 Å². The lowest BCUT2D eigenvalue weighted by atomic mass is 9.99. The average molecular weight is 355 g/mol. The average Bonchev–Trinajstić information content (AvgIpc) is 2.62.